The maximum atomic E-state index is 12.9. The molecule has 0 fully saturated rings. The van der Waals surface area contributed by atoms with E-state index in [-0.39, 0.29) is 5.02 Å². The van der Waals surface area contributed by atoms with Crippen molar-refractivity contribution in [3.05, 3.63) is 64.7 Å². The minimum atomic E-state index is -0.890. The van der Waals surface area contributed by atoms with Crippen LogP contribution in [-0.4, -0.2) is 10.1 Å². The van der Waals surface area contributed by atoms with Crippen molar-refractivity contribution in [3.63, 3.8) is 0 Å². The molecule has 0 saturated carbocycles. The van der Waals surface area contributed by atoms with E-state index in [1.807, 2.05) is 0 Å². The van der Waals surface area contributed by atoms with Gasteiger partial charge in [-0.3, -0.25) is 4.98 Å². The first-order chi connectivity index (χ1) is 7.68. The highest BCUT2D eigenvalue weighted by Crippen LogP contribution is 2.24. The highest BCUT2D eigenvalue weighted by atomic mass is 35.5. The summed E-state index contributed by atoms with van der Waals surface area (Å²) in [5, 5.41) is 9.96. The average Bonchev–Trinajstić information content (AvgIpc) is 2.33. The van der Waals surface area contributed by atoms with Crippen LogP contribution in [0.4, 0.5) is 4.39 Å². The number of aromatic nitrogens is 1. The minimum absolute atomic E-state index is 0.00696. The summed E-state index contributed by atoms with van der Waals surface area (Å²) in [6.45, 7) is 0. The van der Waals surface area contributed by atoms with Crippen LogP contribution in [0.1, 0.15) is 17.4 Å². The number of rotatable bonds is 2. The Balaban J connectivity index is 2.34. The third kappa shape index (κ3) is 2.21. The van der Waals surface area contributed by atoms with Gasteiger partial charge in [0.05, 0.1) is 10.7 Å². The summed E-state index contributed by atoms with van der Waals surface area (Å²) in [6.07, 6.45) is 0.697. The maximum Gasteiger partial charge on any atom is 0.141 e. The molecular weight excluding hydrogens is 229 g/mol. The topological polar surface area (TPSA) is 33.1 Å². The average molecular weight is 238 g/mol. The van der Waals surface area contributed by atoms with Gasteiger partial charge in [-0.15, -0.1) is 0 Å². The lowest BCUT2D eigenvalue weighted by Gasteiger charge is -2.10. The second-order valence-electron chi connectivity index (χ2n) is 3.33. The molecule has 0 aliphatic carbocycles. The predicted molar refractivity (Wildman–Crippen MR) is 59.7 cm³/mol. The van der Waals surface area contributed by atoms with E-state index in [1.54, 1.807) is 24.4 Å². The summed E-state index contributed by atoms with van der Waals surface area (Å²) in [5.41, 5.74) is 1.02. The zero-order valence-electron chi connectivity index (χ0n) is 8.27. The molecule has 0 spiro atoms. The third-order valence-corrected chi connectivity index (χ3v) is 2.52. The van der Waals surface area contributed by atoms with Crippen LogP contribution in [0.2, 0.25) is 5.02 Å². The molecule has 0 unspecified atom stereocenters. The fourth-order valence-electron chi connectivity index (χ4n) is 1.39. The smallest absolute Gasteiger partial charge is 0.141 e. The van der Waals surface area contributed by atoms with Gasteiger partial charge < -0.3 is 5.11 Å². The SMILES string of the molecule is O[C@@H](c1ccc(F)c(Cl)c1)c1ccccn1. The molecule has 1 heterocycles. The first-order valence-corrected chi connectivity index (χ1v) is 5.10. The lowest BCUT2D eigenvalue weighted by atomic mass is 10.1. The molecule has 1 aromatic heterocycles. The molecule has 0 radical (unpaired) electrons. The molecule has 2 rings (SSSR count). The number of aliphatic hydroxyl groups excluding tert-OH is 1. The van der Waals surface area contributed by atoms with Crippen molar-refractivity contribution in [3.8, 4) is 0 Å². The van der Waals surface area contributed by atoms with Crippen LogP contribution in [0.5, 0.6) is 0 Å². The van der Waals surface area contributed by atoms with Crippen LogP contribution in [0.3, 0.4) is 0 Å². The Morgan fingerprint density at radius 2 is 2.06 bits per heavy atom. The number of nitrogens with zero attached hydrogens (tertiary/aromatic N) is 1. The Bertz CT molecular complexity index is 490. The van der Waals surface area contributed by atoms with Crippen molar-refractivity contribution in [1.29, 1.82) is 0 Å². The quantitative estimate of drug-likeness (QED) is 0.871. The van der Waals surface area contributed by atoms with Gasteiger partial charge in [0.25, 0.3) is 0 Å². The van der Waals surface area contributed by atoms with Crippen LogP contribution >= 0.6 is 11.6 Å². The van der Waals surface area contributed by atoms with Crippen molar-refractivity contribution in [2.75, 3.05) is 0 Å². The highest BCUT2D eigenvalue weighted by molar-refractivity contribution is 6.30. The Labute approximate surface area is 97.3 Å². The number of halogens is 2. The molecule has 82 valence electrons. The van der Waals surface area contributed by atoms with Crippen LogP contribution in [0.25, 0.3) is 0 Å². The van der Waals surface area contributed by atoms with Gasteiger partial charge in [-0.2, -0.15) is 0 Å². The second-order valence-corrected chi connectivity index (χ2v) is 3.74. The molecule has 0 amide bonds. The molecule has 0 bridgehead atoms. The van der Waals surface area contributed by atoms with Crippen molar-refractivity contribution in [1.82, 2.24) is 4.98 Å². The Hall–Kier alpha value is -1.45. The van der Waals surface area contributed by atoms with Crippen LogP contribution in [0, 0.1) is 5.82 Å². The first kappa shape index (κ1) is 11.0. The Kier molecular flexibility index (Phi) is 3.17. The van der Waals surface area contributed by atoms with Gasteiger partial charge in [0.1, 0.15) is 11.9 Å². The van der Waals surface area contributed by atoms with Gasteiger partial charge in [0.2, 0.25) is 0 Å². The minimum Gasteiger partial charge on any atom is -0.382 e. The Morgan fingerprint density at radius 1 is 1.25 bits per heavy atom. The molecule has 1 aromatic carbocycles. The molecule has 0 aliphatic rings. The summed E-state index contributed by atoms with van der Waals surface area (Å²) in [7, 11) is 0. The largest absolute Gasteiger partial charge is 0.382 e. The molecule has 2 aromatic rings. The van der Waals surface area contributed by atoms with E-state index in [9.17, 15) is 9.50 Å². The fourth-order valence-corrected chi connectivity index (χ4v) is 1.58. The van der Waals surface area contributed by atoms with Gasteiger partial charge in [-0.1, -0.05) is 23.7 Å². The molecule has 0 saturated heterocycles. The fraction of sp³-hybridized carbons (Fsp3) is 0.0833. The van der Waals surface area contributed by atoms with Gasteiger partial charge >= 0.3 is 0 Å². The molecule has 1 N–H and O–H groups in total. The summed E-state index contributed by atoms with van der Waals surface area (Å²) < 4.78 is 12.9. The molecule has 16 heavy (non-hydrogen) atoms. The predicted octanol–water partition coefficient (Wildman–Crippen LogP) is 2.96. The Morgan fingerprint density at radius 3 is 2.69 bits per heavy atom. The monoisotopic (exact) mass is 237 g/mol. The standard InChI is InChI=1S/C12H9ClFNO/c13-9-7-8(4-5-10(9)14)12(16)11-3-1-2-6-15-11/h1-7,12,16H/t12-/m0/s1. The summed E-state index contributed by atoms with van der Waals surface area (Å²) >= 11 is 5.64. The van der Waals surface area contributed by atoms with Crippen molar-refractivity contribution in [2.45, 2.75) is 6.10 Å². The maximum absolute atomic E-state index is 12.9. The van der Waals surface area contributed by atoms with Gasteiger partial charge in [-0.25, -0.2) is 4.39 Å². The van der Waals surface area contributed by atoms with Crippen molar-refractivity contribution in [2.24, 2.45) is 0 Å². The zero-order chi connectivity index (χ0) is 11.5. The van der Waals surface area contributed by atoms with E-state index in [0.717, 1.165) is 0 Å². The van der Waals surface area contributed by atoms with E-state index in [1.165, 1.54) is 18.2 Å². The van der Waals surface area contributed by atoms with Crippen molar-refractivity contribution < 1.29 is 9.50 Å². The molecular formula is C12H9ClFNO. The summed E-state index contributed by atoms with van der Waals surface area (Å²) in [4.78, 5) is 4.02. The molecule has 2 nitrogen and oxygen atoms in total. The molecule has 4 heteroatoms. The molecule has 1 atom stereocenters. The van der Waals surface area contributed by atoms with E-state index in [4.69, 9.17) is 11.6 Å². The number of benzene rings is 1. The lowest BCUT2D eigenvalue weighted by molar-refractivity contribution is 0.215. The van der Waals surface area contributed by atoms with Gasteiger partial charge in [-0.05, 0) is 29.8 Å². The van der Waals surface area contributed by atoms with Gasteiger partial charge in [0.15, 0.2) is 0 Å². The lowest BCUT2D eigenvalue weighted by Crippen LogP contribution is -2.02. The van der Waals surface area contributed by atoms with Crippen molar-refractivity contribution >= 4 is 11.6 Å². The zero-order valence-corrected chi connectivity index (χ0v) is 9.03. The van der Waals surface area contributed by atoms with E-state index in [0.29, 0.717) is 11.3 Å². The first-order valence-electron chi connectivity index (χ1n) is 4.72. The number of pyridine rings is 1. The number of hydrogen-bond donors (Lipinski definition) is 1. The summed E-state index contributed by atoms with van der Waals surface area (Å²) in [5.74, 6) is -0.501. The molecule has 0 aliphatic heterocycles. The second kappa shape index (κ2) is 4.60. The number of hydrogen-bond acceptors (Lipinski definition) is 2. The normalized spacial score (nSPS) is 12.4. The van der Waals surface area contributed by atoms with E-state index >= 15 is 0 Å². The van der Waals surface area contributed by atoms with Gasteiger partial charge in [0, 0.05) is 6.20 Å². The number of aliphatic hydroxyl groups is 1. The van der Waals surface area contributed by atoms with E-state index < -0.39 is 11.9 Å². The highest BCUT2D eigenvalue weighted by Gasteiger charge is 2.12. The van der Waals surface area contributed by atoms with Crippen LogP contribution in [-0.2, 0) is 0 Å². The van der Waals surface area contributed by atoms with E-state index in [2.05, 4.69) is 4.98 Å². The summed E-state index contributed by atoms with van der Waals surface area (Å²) in [6, 6.07) is 9.34. The third-order valence-electron chi connectivity index (χ3n) is 2.23. The van der Waals surface area contributed by atoms with Crippen LogP contribution in [0.15, 0.2) is 42.6 Å². The van der Waals surface area contributed by atoms with Crippen LogP contribution < -0.4 is 0 Å².